The van der Waals surface area contributed by atoms with Crippen LogP contribution in [-0.4, -0.2) is 46.1 Å². The number of hydrogen-bond acceptors (Lipinski definition) is 6. The molecule has 0 aromatic heterocycles. The van der Waals surface area contributed by atoms with Crippen LogP contribution in [0.2, 0.25) is 0 Å². The fourth-order valence-corrected chi connectivity index (χ4v) is 4.03. The largest absolute Gasteiger partial charge is 0.486 e. The molecule has 1 N–H and O–H groups in total. The summed E-state index contributed by atoms with van der Waals surface area (Å²) in [4.78, 5) is 12.5. The Morgan fingerprint density at radius 1 is 1.10 bits per heavy atom. The predicted molar refractivity (Wildman–Crippen MR) is 116 cm³/mol. The van der Waals surface area contributed by atoms with Gasteiger partial charge in [0.2, 0.25) is 10.0 Å². The highest BCUT2D eigenvalue weighted by atomic mass is 32.2. The van der Waals surface area contributed by atoms with Gasteiger partial charge in [-0.2, -0.15) is 5.10 Å². The molecule has 30 heavy (non-hydrogen) atoms. The van der Waals surface area contributed by atoms with Gasteiger partial charge in [-0.15, -0.1) is 0 Å². The fraction of sp³-hybridized carbons (Fsp3) is 0.333. The number of anilines is 1. The van der Waals surface area contributed by atoms with Gasteiger partial charge in [0.05, 0.1) is 17.7 Å². The van der Waals surface area contributed by atoms with E-state index in [1.54, 1.807) is 25.1 Å². The topological polar surface area (TPSA) is 97.3 Å². The number of nitrogens with one attached hydrogen (secondary N) is 1. The van der Waals surface area contributed by atoms with E-state index >= 15 is 0 Å². The van der Waals surface area contributed by atoms with E-state index in [1.807, 2.05) is 32.0 Å². The van der Waals surface area contributed by atoms with Gasteiger partial charge in [-0.1, -0.05) is 17.7 Å². The van der Waals surface area contributed by atoms with E-state index in [4.69, 9.17) is 9.47 Å². The van der Waals surface area contributed by atoms with E-state index in [-0.39, 0.29) is 6.54 Å². The first kappa shape index (κ1) is 21.6. The highest BCUT2D eigenvalue weighted by Crippen LogP contribution is 2.31. The van der Waals surface area contributed by atoms with Crippen LogP contribution in [0.1, 0.15) is 23.6 Å². The fourth-order valence-electron chi connectivity index (χ4n) is 3.11. The third-order valence-corrected chi connectivity index (χ3v) is 5.74. The molecule has 1 amide bonds. The molecular formula is C21H25N3O5S. The van der Waals surface area contributed by atoms with Crippen LogP contribution in [0.25, 0.3) is 0 Å². The maximum atomic E-state index is 12.5. The summed E-state index contributed by atoms with van der Waals surface area (Å²) in [6.07, 6.45) is 1.07. The number of hydrazone groups is 1. The van der Waals surface area contributed by atoms with Crippen LogP contribution in [0.3, 0.4) is 0 Å². The van der Waals surface area contributed by atoms with E-state index in [0.717, 1.165) is 27.3 Å². The number of carbonyl (C=O) groups excluding carboxylic acids is 1. The SMILES string of the molecule is C/C(=N/NC(=O)CN(c1ccc(C)cc1C)S(C)(=O)=O)c1ccc2c(c1)OCCO2. The van der Waals surface area contributed by atoms with Crippen molar-refractivity contribution >= 4 is 27.3 Å². The Morgan fingerprint density at radius 2 is 1.80 bits per heavy atom. The third-order valence-electron chi connectivity index (χ3n) is 4.62. The number of nitrogens with zero attached hydrogens (tertiary/aromatic N) is 2. The molecule has 3 rings (SSSR count). The van der Waals surface area contributed by atoms with E-state index < -0.39 is 15.9 Å². The summed E-state index contributed by atoms with van der Waals surface area (Å²) in [6.45, 7) is 6.08. The molecule has 1 aliphatic heterocycles. The maximum Gasteiger partial charge on any atom is 0.260 e. The molecule has 0 aliphatic carbocycles. The monoisotopic (exact) mass is 431 g/mol. The molecule has 1 aliphatic rings. The molecular weight excluding hydrogens is 406 g/mol. The molecule has 9 heteroatoms. The summed E-state index contributed by atoms with van der Waals surface area (Å²) in [5, 5.41) is 4.11. The molecule has 1 heterocycles. The first-order valence-corrected chi connectivity index (χ1v) is 11.3. The Balaban J connectivity index is 1.74. The van der Waals surface area contributed by atoms with E-state index in [2.05, 4.69) is 10.5 Å². The minimum absolute atomic E-state index is 0.374. The van der Waals surface area contributed by atoms with Crippen molar-refractivity contribution in [1.82, 2.24) is 5.43 Å². The van der Waals surface area contributed by atoms with Gasteiger partial charge in [-0.3, -0.25) is 9.10 Å². The summed E-state index contributed by atoms with van der Waals surface area (Å²) < 4.78 is 36.7. The second kappa shape index (κ2) is 8.74. The molecule has 0 bridgehead atoms. The smallest absolute Gasteiger partial charge is 0.260 e. The number of aryl methyl sites for hydroxylation is 2. The first-order chi connectivity index (χ1) is 14.1. The minimum atomic E-state index is -3.66. The average molecular weight is 432 g/mol. The van der Waals surface area contributed by atoms with Crippen LogP contribution in [0.4, 0.5) is 5.69 Å². The van der Waals surface area contributed by atoms with Crippen molar-refractivity contribution in [3.05, 3.63) is 53.1 Å². The molecule has 160 valence electrons. The molecule has 2 aromatic carbocycles. The van der Waals surface area contributed by atoms with Crippen LogP contribution >= 0.6 is 0 Å². The Bertz CT molecular complexity index is 1100. The quantitative estimate of drug-likeness (QED) is 0.559. The zero-order valence-corrected chi connectivity index (χ0v) is 18.2. The van der Waals surface area contributed by atoms with Crippen molar-refractivity contribution in [1.29, 1.82) is 0 Å². The van der Waals surface area contributed by atoms with Crippen molar-refractivity contribution in [2.75, 3.05) is 30.3 Å². The number of hydrogen-bond donors (Lipinski definition) is 1. The first-order valence-electron chi connectivity index (χ1n) is 9.43. The molecule has 2 aromatic rings. The van der Waals surface area contributed by atoms with Crippen molar-refractivity contribution in [2.45, 2.75) is 20.8 Å². The standard InChI is InChI=1S/C21H25N3O5S/c1-14-5-7-18(15(2)11-14)24(30(4,26)27)13-21(25)23-22-16(3)17-6-8-19-20(12-17)29-10-9-28-19/h5-8,11-12H,9-10,13H2,1-4H3,(H,23,25)/b22-16-. The second-order valence-corrected chi connectivity index (χ2v) is 9.06. The van der Waals surface area contributed by atoms with Gasteiger partial charge in [-0.05, 0) is 50.6 Å². The second-order valence-electron chi connectivity index (χ2n) is 7.15. The lowest BCUT2D eigenvalue weighted by molar-refractivity contribution is -0.119. The Morgan fingerprint density at radius 3 is 2.47 bits per heavy atom. The molecule has 0 spiro atoms. The predicted octanol–water partition coefficient (Wildman–Crippen LogP) is 2.38. The number of carbonyl (C=O) groups is 1. The summed E-state index contributed by atoms with van der Waals surface area (Å²) >= 11 is 0. The molecule has 0 saturated carbocycles. The number of rotatable bonds is 6. The molecule has 0 radical (unpaired) electrons. The van der Waals surface area contributed by atoms with Gasteiger partial charge in [-0.25, -0.2) is 13.8 Å². The summed E-state index contributed by atoms with van der Waals surface area (Å²) in [5.41, 5.74) is 5.99. The number of sulfonamides is 1. The van der Waals surface area contributed by atoms with Gasteiger partial charge < -0.3 is 9.47 Å². The van der Waals surface area contributed by atoms with E-state index in [1.165, 1.54) is 0 Å². The zero-order valence-electron chi connectivity index (χ0n) is 17.4. The molecule has 0 atom stereocenters. The number of amides is 1. The van der Waals surface area contributed by atoms with Gasteiger partial charge in [0.15, 0.2) is 11.5 Å². The summed E-state index contributed by atoms with van der Waals surface area (Å²) in [6, 6.07) is 10.8. The highest BCUT2D eigenvalue weighted by molar-refractivity contribution is 7.92. The van der Waals surface area contributed by atoms with Crippen LogP contribution in [-0.2, 0) is 14.8 Å². The summed E-state index contributed by atoms with van der Waals surface area (Å²) in [7, 11) is -3.66. The highest BCUT2D eigenvalue weighted by Gasteiger charge is 2.22. The van der Waals surface area contributed by atoms with Gasteiger partial charge in [0.1, 0.15) is 19.8 Å². The van der Waals surface area contributed by atoms with Crippen molar-refractivity contribution in [3.8, 4) is 11.5 Å². The van der Waals surface area contributed by atoms with Crippen LogP contribution in [0, 0.1) is 13.8 Å². The van der Waals surface area contributed by atoms with Gasteiger partial charge in [0, 0.05) is 5.56 Å². The Hall–Kier alpha value is -3.07. The normalized spacial score (nSPS) is 13.7. The number of benzene rings is 2. The van der Waals surface area contributed by atoms with Gasteiger partial charge >= 0.3 is 0 Å². The van der Waals surface area contributed by atoms with Crippen molar-refractivity contribution in [3.63, 3.8) is 0 Å². The molecule has 0 unspecified atom stereocenters. The molecule has 0 fully saturated rings. The van der Waals surface area contributed by atoms with Crippen molar-refractivity contribution < 1.29 is 22.7 Å². The number of fused-ring (bicyclic) bond motifs is 1. The van der Waals surface area contributed by atoms with Crippen LogP contribution in [0.15, 0.2) is 41.5 Å². The minimum Gasteiger partial charge on any atom is -0.486 e. The maximum absolute atomic E-state index is 12.5. The lowest BCUT2D eigenvalue weighted by Crippen LogP contribution is -2.39. The summed E-state index contributed by atoms with van der Waals surface area (Å²) in [5.74, 6) is 0.745. The number of ether oxygens (including phenoxy) is 2. The Kier molecular flexibility index (Phi) is 6.31. The van der Waals surface area contributed by atoms with E-state index in [0.29, 0.717) is 36.1 Å². The van der Waals surface area contributed by atoms with Crippen LogP contribution in [0.5, 0.6) is 11.5 Å². The lowest BCUT2D eigenvalue weighted by atomic mass is 10.1. The molecule has 8 nitrogen and oxygen atoms in total. The zero-order chi connectivity index (χ0) is 21.9. The Labute approximate surface area is 176 Å². The van der Waals surface area contributed by atoms with Crippen molar-refractivity contribution in [2.24, 2.45) is 5.10 Å². The molecule has 0 saturated heterocycles. The van der Waals surface area contributed by atoms with Gasteiger partial charge in [0.25, 0.3) is 5.91 Å². The van der Waals surface area contributed by atoms with E-state index in [9.17, 15) is 13.2 Å². The third kappa shape index (κ3) is 5.10. The average Bonchev–Trinajstić information content (AvgIpc) is 2.69. The van der Waals surface area contributed by atoms with Crippen LogP contribution < -0.4 is 19.2 Å². The lowest BCUT2D eigenvalue weighted by Gasteiger charge is -2.23.